The van der Waals surface area contributed by atoms with Crippen molar-refractivity contribution in [2.24, 2.45) is 0 Å². The number of ether oxygens (including phenoxy) is 1. The van der Waals surface area contributed by atoms with Crippen molar-refractivity contribution in [3.05, 3.63) is 107 Å². The molecule has 2 aromatic carbocycles. The van der Waals surface area contributed by atoms with Crippen LogP contribution in [0.25, 0.3) is 0 Å². The molecule has 7 rings (SSSR count). The third-order valence-electron chi connectivity index (χ3n) is 15.2. The molecular weight excluding hydrogens is 890 g/mol. The summed E-state index contributed by atoms with van der Waals surface area (Å²) >= 11 is 0. The third kappa shape index (κ3) is 11.6. The second-order valence-electron chi connectivity index (χ2n) is 20.7. The van der Waals surface area contributed by atoms with Crippen LogP contribution >= 0.6 is 0 Å². The van der Waals surface area contributed by atoms with Crippen LogP contribution in [0.15, 0.2) is 95.4 Å². The predicted octanol–water partition coefficient (Wildman–Crippen LogP) is 4.67. The molecule has 4 heterocycles. The van der Waals surface area contributed by atoms with E-state index in [2.05, 4.69) is 141 Å². The van der Waals surface area contributed by atoms with Gasteiger partial charge in [-0.25, -0.2) is 0 Å². The van der Waals surface area contributed by atoms with Crippen molar-refractivity contribution in [1.29, 1.82) is 0 Å². The van der Waals surface area contributed by atoms with Crippen molar-refractivity contribution in [3.8, 4) is 0 Å². The highest BCUT2D eigenvalue weighted by Gasteiger charge is 2.46. The highest BCUT2D eigenvalue weighted by atomic mass is 35.5. The van der Waals surface area contributed by atoms with Crippen molar-refractivity contribution < 1.29 is 51.7 Å². The molecule has 0 saturated carbocycles. The molecule has 5 N–H and O–H groups in total. The van der Waals surface area contributed by atoms with Gasteiger partial charge in [0, 0.05) is 85.1 Å². The number of carbonyl (C=O) groups excluding carboxylic acids is 2. The maximum absolute atomic E-state index is 15.1. The van der Waals surface area contributed by atoms with Crippen molar-refractivity contribution in [1.82, 2.24) is 15.1 Å². The van der Waals surface area contributed by atoms with Crippen molar-refractivity contribution in [2.75, 3.05) is 44.2 Å². The summed E-state index contributed by atoms with van der Waals surface area (Å²) in [5, 5.41) is 43.7. The lowest BCUT2D eigenvalue weighted by Gasteiger charge is -2.40. The second kappa shape index (κ2) is 23.8. The van der Waals surface area contributed by atoms with E-state index in [9.17, 15) is 25.2 Å². The van der Waals surface area contributed by atoms with Crippen LogP contribution in [0.3, 0.4) is 0 Å². The maximum atomic E-state index is 15.1. The van der Waals surface area contributed by atoms with Crippen molar-refractivity contribution in [3.63, 3.8) is 0 Å². The first-order chi connectivity index (χ1) is 32.6. The van der Waals surface area contributed by atoms with Crippen LogP contribution < -0.4 is 22.6 Å². The first-order valence-corrected chi connectivity index (χ1v) is 25.7. The zero-order valence-electron chi connectivity index (χ0n) is 42.3. The molecule has 1 unspecified atom stereocenters. The number of rotatable bonds is 18. The van der Waals surface area contributed by atoms with Gasteiger partial charge in [-0.3, -0.25) is 9.59 Å². The standard InChI is InChI=1S/C56H79N5O7.ClH/c1-8-32-59-43-24-12-10-22-41(43)55(4,5)46(59)30-28-39-20-16-21-40(29-31-47-56(6,7)42-23-11-13-25-44(42)60(47)33-9-2)51(39)61(36-18-35-58-34-15-14-19-38(58)3)49(64)27-17-26-48(63)57-50-53(66)52(65)45(37-62)68-54(50)67;/h10-13,22-25,28-31,38,45,50,52-54,62,65-67H,8-9,14-21,26-27,32-37H2,1-7H3;1H/t38?,45-,50-,52-,53-,54+;/m1./s1. The molecule has 4 aliphatic heterocycles. The first kappa shape index (κ1) is 54.2. The molecule has 2 aromatic rings. The van der Waals surface area contributed by atoms with E-state index in [1.807, 2.05) is 4.90 Å². The monoisotopic (exact) mass is 970 g/mol. The summed E-state index contributed by atoms with van der Waals surface area (Å²) in [6.07, 6.45) is 12.7. The number of aliphatic hydroxyl groups is 4. The van der Waals surface area contributed by atoms with E-state index in [-0.39, 0.29) is 48.4 Å². The molecule has 0 spiro atoms. The van der Waals surface area contributed by atoms with Crippen molar-refractivity contribution >= 4 is 28.9 Å². The van der Waals surface area contributed by atoms with E-state index in [1.165, 1.54) is 53.2 Å². The van der Waals surface area contributed by atoms with E-state index in [1.54, 1.807) is 0 Å². The number of carbonyl (C=O) groups is 2. The molecule has 2 amide bonds. The number of likely N-dealkylation sites (tertiary alicyclic amines) is 1. The Bertz CT molecular complexity index is 2280. The van der Waals surface area contributed by atoms with Gasteiger partial charge in [-0.05, 0) is 108 Å². The quantitative estimate of drug-likeness (QED) is 0.135. The van der Waals surface area contributed by atoms with Crippen LogP contribution in [0.5, 0.6) is 0 Å². The number of hydrogen-bond donors (Lipinski definition) is 5. The highest BCUT2D eigenvalue weighted by Crippen LogP contribution is 2.48. The summed E-state index contributed by atoms with van der Waals surface area (Å²) in [6.45, 7) is 19.7. The fraction of sp³-hybridized carbons (Fsp3) is 0.589. The lowest BCUT2D eigenvalue weighted by Crippen LogP contribution is -3.00. The molecule has 6 atom stereocenters. The Morgan fingerprint density at radius 2 is 1.61 bits per heavy atom. The van der Waals surface area contributed by atoms with Gasteiger partial charge in [-0.2, -0.15) is 4.58 Å². The molecule has 12 nitrogen and oxygen atoms in total. The normalized spacial score (nSPS) is 26.7. The van der Waals surface area contributed by atoms with Crippen LogP contribution in [-0.2, 0) is 25.2 Å². The van der Waals surface area contributed by atoms with Gasteiger partial charge in [0.2, 0.25) is 17.5 Å². The first-order valence-electron chi connectivity index (χ1n) is 25.7. The molecule has 2 fully saturated rings. The molecule has 2 saturated heterocycles. The second-order valence-corrected chi connectivity index (χ2v) is 20.7. The SMILES string of the molecule is CCCN1/C(=C/C=C2\CCCC(/C=C/C3=[N+](CCC)c4ccccc4C3(C)C)=C2N(CCCN2CCCCC2C)C(=O)CCCC(=O)N[C@@H]2[C@@H](O)[C@H](O)[C@@H](CO)O[C@@H]2O)C(C)(C)c2ccccc21.[Cl-]. The number of allylic oxidation sites excluding steroid dienone is 7. The van der Waals surface area contributed by atoms with Gasteiger partial charge in [0.25, 0.3) is 0 Å². The van der Waals surface area contributed by atoms with Gasteiger partial charge < -0.3 is 57.6 Å². The zero-order chi connectivity index (χ0) is 48.8. The van der Waals surface area contributed by atoms with E-state index in [0.29, 0.717) is 12.6 Å². The smallest absolute Gasteiger partial charge is 0.227 e. The minimum atomic E-state index is -1.62. The molecule has 1 aliphatic carbocycles. The number of amides is 2. The summed E-state index contributed by atoms with van der Waals surface area (Å²) in [4.78, 5) is 35.5. The van der Waals surface area contributed by atoms with Gasteiger partial charge in [0.05, 0.1) is 12.0 Å². The van der Waals surface area contributed by atoms with E-state index in [0.717, 1.165) is 81.5 Å². The van der Waals surface area contributed by atoms with E-state index < -0.39 is 43.2 Å². The minimum Gasteiger partial charge on any atom is -1.00 e. The molecular formula is C56H80ClN5O7. The van der Waals surface area contributed by atoms with E-state index >= 15 is 4.79 Å². The van der Waals surface area contributed by atoms with Crippen LogP contribution in [0, 0.1) is 0 Å². The van der Waals surface area contributed by atoms with Crippen LogP contribution in [0.1, 0.15) is 137 Å². The number of nitrogens with one attached hydrogen (secondary N) is 1. The predicted molar refractivity (Wildman–Crippen MR) is 270 cm³/mol. The minimum absolute atomic E-state index is 0. The maximum Gasteiger partial charge on any atom is 0.227 e. The summed E-state index contributed by atoms with van der Waals surface area (Å²) in [5.41, 5.74) is 10.4. The van der Waals surface area contributed by atoms with Crippen LogP contribution in [0.4, 0.5) is 11.4 Å². The fourth-order valence-electron chi connectivity index (χ4n) is 11.5. The summed E-state index contributed by atoms with van der Waals surface area (Å²) in [5.74, 6) is -0.536. The van der Waals surface area contributed by atoms with E-state index in [4.69, 9.17) is 4.74 Å². The number of hydrogen-bond acceptors (Lipinski definition) is 9. The Hall–Kier alpha value is -4.14. The average Bonchev–Trinajstić information content (AvgIpc) is 3.67. The molecule has 0 radical (unpaired) electrons. The number of fused-ring (bicyclic) bond motifs is 2. The summed E-state index contributed by atoms with van der Waals surface area (Å²) in [6, 6.07) is 16.7. The number of halogens is 1. The lowest BCUT2D eigenvalue weighted by atomic mass is 9.81. The molecule has 13 heteroatoms. The molecule has 5 aliphatic rings. The summed E-state index contributed by atoms with van der Waals surface area (Å²) in [7, 11) is 0. The van der Waals surface area contributed by atoms with Gasteiger partial charge >= 0.3 is 0 Å². The molecule has 378 valence electrons. The lowest BCUT2D eigenvalue weighted by molar-refractivity contribution is -0.437. The van der Waals surface area contributed by atoms with Gasteiger partial charge in [0.1, 0.15) is 30.9 Å². The topological polar surface area (TPSA) is 149 Å². The fourth-order valence-corrected chi connectivity index (χ4v) is 11.5. The Balaban J connectivity index is 0.00000782. The number of piperidine rings is 1. The molecule has 69 heavy (non-hydrogen) atoms. The number of benzene rings is 2. The Kier molecular flexibility index (Phi) is 18.7. The average molecular weight is 971 g/mol. The number of nitrogens with zero attached hydrogens (tertiary/aromatic N) is 4. The largest absolute Gasteiger partial charge is 1.00 e. The van der Waals surface area contributed by atoms with Crippen LogP contribution in [0.2, 0.25) is 0 Å². The van der Waals surface area contributed by atoms with Gasteiger partial charge in [0.15, 0.2) is 12.0 Å². The number of para-hydroxylation sites is 2. The molecule has 0 bridgehead atoms. The Labute approximate surface area is 417 Å². The highest BCUT2D eigenvalue weighted by molar-refractivity contribution is 6.03. The van der Waals surface area contributed by atoms with Gasteiger partial charge in [-0.1, -0.05) is 82.7 Å². The third-order valence-corrected chi connectivity index (χ3v) is 15.2. The zero-order valence-corrected chi connectivity index (χ0v) is 43.1. The molecule has 0 aromatic heterocycles. The van der Waals surface area contributed by atoms with Crippen molar-refractivity contribution in [2.45, 2.75) is 173 Å². The number of anilines is 1. The Morgan fingerprint density at radius 3 is 2.33 bits per heavy atom. The summed E-state index contributed by atoms with van der Waals surface area (Å²) < 4.78 is 7.73. The van der Waals surface area contributed by atoms with Gasteiger partial charge in [-0.15, -0.1) is 0 Å². The van der Waals surface area contributed by atoms with Crippen LogP contribution in [-0.4, -0.2) is 128 Å². The Morgan fingerprint density at radius 1 is 0.870 bits per heavy atom. The number of aliphatic hydroxyl groups excluding tert-OH is 4.